The molecule has 0 N–H and O–H groups in total. The van der Waals surface area contributed by atoms with E-state index in [0.29, 0.717) is 0 Å². The van der Waals surface area contributed by atoms with Crippen LogP contribution in [0.4, 0.5) is 0 Å². The van der Waals surface area contributed by atoms with E-state index in [9.17, 15) is 0 Å². The van der Waals surface area contributed by atoms with Crippen molar-refractivity contribution in [2.45, 2.75) is 26.7 Å². The summed E-state index contributed by atoms with van der Waals surface area (Å²) in [5.74, 6) is 0.978. The lowest BCUT2D eigenvalue weighted by molar-refractivity contribution is 0.266. The van der Waals surface area contributed by atoms with Gasteiger partial charge in [0.1, 0.15) is 5.75 Å². The van der Waals surface area contributed by atoms with E-state index in [4.69, 9.17) is 4.74 Å². The fourth-order valence-electron chi connectivity index (χ4n) is 2.42. The first-order valence-corrected chi connectivity index (χ1v) is 7.67. The molecule has 2 aromatic carbocycles. The van der Waals surface area contributed by atoms with Crippen LogP contribution in [0.3, 0.4) is 0 Å². The van der Waals surface area contributed by atoms with Gasteiger partial charge in [-0.1, -0.05) is 44.2 Å². The zero-order valence-corrected chi connectivity index (χ0v) is 12.6. The maximum Gasteiger partial charge on any atom is 0.119 e. The molecule has 2 rings (SSSR count). The number of hydrogen-bond donors (Lipinski definition) is 0. The van der Waals surface area contributed by atoms with E-state index in [2.05, 4.69) is 61.2 Å². The van der Waals surface area contributed by atoms with Gasteiger partial charge in [-0.05, 0) is 55.4 Å². The van der Waals surface area contributed by atoms with Crippen LogP contribution >= 0.6 is 0 Å². The van der Waals surface area contributed by atoms with Gasteiger partial charge >= 0.3 is 0 Å². The highest BCUT2D eigenvalue weighted by atomic mass is 16.5. The monoisotopic (exact) mass is 271 g/mol. The highest BCUT2D eigenvalue weighted by Crippen LogP contribution is 2.20. The SMILES string of the molecule is CCN(CC)CCCCOc1ccc2ccccc2c1. The second-order valence-corrected chi connectivity index (χ2v) is 5.09. The molecule has 0 atom stereocenters. The first kappa shape index (κ1) is 14.9. The van der Waals surface area contributed by atoms with Crippen LogP contribution in [0, 0.1) is 0 Å². The Morgan fingerprint density at radius 2 is 1.65 bits per heavy atom. The predicted molar refractivity (Wildman–Crippen MR) is 86.5 cm³/mol. The molecule has 0 radical (unpaired) electrons. The summed E-state index contributed by atoms with van der Waals surface area (Å²) in [5, 5.41) is 2.51. The van der Waals surface area contributed by atoms with Gasteiger partial charge in [-0.15, -0.1) is 0 Å². The molecule has 2 heteroatoms. The quantitative estimate of drug-likeness (QED) is 0.662. The van der Waals surface area contributed by atoms with Crippen LogP contribution < -0.4 is 4.74 Å². The van der Waals surface area contributed by atoms with E-state index < -0.39 is 0 Å². The highest BCUT2D eigenvalue weighted by molar-refractivity contribution is 5.83. The Balaban J connectivity index is 1.75. The number of benzene rings is 2. The van der Waals surface area contributed by atoms with E-state index in [1.807, 2.05) is 0 Å². The Labute approximate surface area is 122 Å². The van der Waals surface area contributed by atoms with Crippen LogP contribution in [0.2, 0.25) is 0 Å². The normalized spacial score (nSPS) is 11.2. The number of fused-ring (bicyclic) bond motifs is 1. The van der Waals surface area contributed by atoms with Crippen molar-refractivity contribution in [1.82, 2.24) is 4.90 Å². The first-order valence-electron chi connectivity index (χ1n) is 7.67. The van der Waals surface area contributed by atoms with Crippen molar-refractivity contribution in [3.05, 3.63) is 42.5 Å². The molecule has 0 aromatic heterocycles. The van der Waals surface area contributed by atoms with Crippen molar-refractivity contribution < 1.29 is 4.74 Å². The molecule has 0 aliphatic heterocycles. The molecule has 0 bridgehead atoms. The van der Waals surface area contributed by atoms with Crippen LogP contribution in [0.25, 0.3) is 10.8 Å². The van der Waals surface area contributed by atoms with Gasteiger partial charge in [0.05, 0.1) is 6.61 Å². The average molecular weight is 271 g/mol. The van der Waals surface area contributed by atoms with Crippen LogP contribution in [0.1, 0.15) is 26.7 Å². The smallest absolute Gasteiger partial charge is 0.119 e. The zero-order valence-electron chi connectivity index (χ0n) is 12.6. The maximum absolute atomic E-state index is 5.84. The van der Waals surface area contributed by atoms with Crippen molar-refractivity contribution in [2.24, 2.45) is 0 Å². The summed E-state index contributed by atoms with van der Waals surface area (Å²) >= 11 is 0. The lowest BCUT2D eigenvalue weighted by Crippen LogP contribution is -2.24. The van der Waals surface area contributed by atoms with Crippen LogP contribution in [0.5, 0.6) is 5.75 Å². The summed E-state index contributed by atoms with van der Waals surface area (Å²) in [7, 11) is 0. The van der Waals surface area contributed by atoms with Crippen molar-refractivity contribution in [3.8, 4) is 5.75 Å². The van der Waals surface area contributed by atoms with Crippen molar-refractivity contribution in [3.63, 3.8) is 0 Å². The minimum Gasteiger partial charge on any atom is -0.494 e. The fraction of sp³-hybridized carbons (Fsp3) is 0.444. The standard InChI is InChI=1S/C18H25NO/c1-3-19(4-2)13-7-8-14-20-18-12-11-16-9-5-6-10-17(16)15-18/h5-6,9-12,15H,3-4,7-8,13-14H2,1-2H3. The Bertz CT molecular complexity index is 520. The van der Waals surface area contributed by atoms with Gasteiger partial charge in [-0.25, -0.2) is 0 Å². The number of unbranched alkanes of at least 4 members (excludes halogenated alkanes) is 1. The Morgan fingerprint density at radius 1 is 0.900 bits per heavy atom. The topological polar surface area (TPSA) is 12.5 Å². The van der Waals surface area contributed by atoms with Gasteiger partial charge in [0.2, 0.25) is 0 Å². The van der Waals surface area contributed by atoms with Crippen molar-refractivity contribution in [1.29, 1.82) is 0 Å². The van der Waals surface area contributed by atoms with E-state index in [1.54, 1.807) is 0 Å². The minimum absolute atomic E-state index is 0.805. The van der Waals surface area contributed by atoms with Crippen molar-refractivity contribution in [2.75, 3.05) is 26.2 Å². The number of ether oxygens (including phenoxy) is 1. The minimum atomic E-state index is 0.805. The summed E-state index contributed by atoms with van der Waals surface area (Å²) in [6.07, 6.45) is 2.32. The largest absolute Gasteiger partial charge is 0.494 e. The van der Waals surface area contributed by atoms with Crippen LogP contribution in [0.15, 0.2) is 42.5 Å². The molecule has 20 heavy (non-hydrogen) atoms. The Morgan fingerprint density at radius 3 is 2.40 bits per heavy atom. The molecule has 0 aliphatic carbocycles. The number of rotatable bonds is 8. The number of hydrogen-bond acceptors (Lipinski definition) is 2. The van der Waals surface area contributed by atoms with Gasteiger partial charge in [0.25, 0.3) is 0 Å². The molecule has 0 unspecified atom stereocenters. The predicted octanol–water partition coefficient (Wildman–Crippen LogP) is 4.34. The molecule has 0 amide bonds. The molecule has 0 spiro atoms. The van der Waals surface area contributed by atoms with Crippen LogP contribution in [-0.4, -0.2) is 31.1 Å². The Hall–Kier alpha value is -1.54. The van der Waals surface area contributed by atoms with E-state index in [0.717, 1.165) is 31.9 Å². The summed E-state index contributed by atoms with van der Waals surface area (Å²) < 4.78 is 5.84. The van der Waals surface area contributed by atoms with Gasteiger partial charge in [-0.2, -0.15) is 0 Å². The number of nitrogens with zero attached hydrogens (tertiary/aromatic N) is 1. The zero-order chi connectivity index (χ0) is 14.2. The third kappa shape index (κ3) is 4.24. The molecule has 0 fully saturated rings. The molecular formula is C18H25NO. The summed E-state index contributed by atoms with van der Waals surface area (Å²) in [5.41, 5.74) is 0. The molecule has 108 valence electrons. The summed E-state index contributed by atoms with van der Waals surface area (Å²) in [6, 6.07) is 14.7. The molecule has 0 heterocycles. The highest BCUT2D eigenvalue weighted by Gasteiger charge is 2.00. The maximum atomic E-state index is 5.84. The molecule has 0 saturated heterocycles. The third-order valence-electron chi connectivity index (χ3n) is 3.75. The third-order valence-corrected chi connectivity index (χ3v) is 3.75. The van der Waals surface area contributed by atoms with Gasteiger partial charge in [-0.3, -0.25) is 0 Å². The van der Waals surface area contributed by atoms with Crippen LogP contribution in [-0.2, 0) is 0 Å². The molecule has 2 aromatic rings. The van der Waals surface area contributed by atoms with E-state index in [1.165, 1.54) is 23.7 Å². The van der Waals surface area contributed by atoms with E-state index in [-0.39, 0.29) is 0 Å². The molecule has 0 aliphatic rings. The van der Waals surface area contributed by atoms with Gasteiger partial charge in [0.15, 0.2) is 0 Å². The average Bonchev–Trinajstić information content (AvgIpc) is 2.51. The van der Waals surface area contributed by atoms with E-state index >= 15 is 0 Å². The first-order chi connectivity index (χ1) is 9.83. The molecule has 2 nitrogen and oxygen atoms in total. The lowest BCUT2D eigenvalue weighted by atomic mass is 10.1. The van der Waals surface area contributed by atoms with Gasteiger partial charge in [0, 0.05) is 0 Å². The fourth-order valence-corrected chi connectivity index (χ4v) is 2.42. The van der Waals surface area contributed by atoms with Gasteiger partial charge < -0.3 is 9.64 Å². The Kier molecular flexibility index (Phi) is 5.87. The second kappa shape index (κ2) is 7.91. The van der Waals surface area contributed by atoms with Crippen molar-refractivity contribution >= 4 is 10.8 Å². The molecular weight excluding hydrogens is 246 g/mol. The second-order valence-electron chi connectivity index (χ2n) is 5.09. The molecule has 0 saturated carbocycles. The summed E-state index contributed by atoms with van der Waals surface area (Å²) in [6.45, 7) is 8.70. The summed E-state index contributed by atoms with van der Waals surface area (Å²) in [4.78, 5) is 2.45. The lowest BCUT2D eigenvalue weighted by Gasteiger charge is -2.17.